The van der Waals surface area contributed by atoms with Gasteiger partial charge in [-0.25, -0.2) is 0 Å². The van der Waals surface area contributed by atoms with Crippen LogP contribution in [0.4, 0.5) is 0 Å². The smallest absolute Gasteiger partial charge is 0.177 e. The van der Waals surface area contributed by atoms with Gasteiger partial charge in [0.1, 0.15) is 0 Å². The van der Waals surface area contributed by atoms with Gasteiger partial charge < -0.3 is 5.11 Å². The van der Waals surface area contributed by atoms with Crippen molar-refractivity contribution in [3.8, 4) is 0 Å². The van der Waals surface area contributed by atoms with Crippen LogP contribution >= 0.6 is 27.3 Å². The Bertz CT molecular complexity index is 455. The first-order valence-corrected chi connectivity index (χ1v) is 5.92. The summed E-state index contributed by atoms with van der Waals surface area (Å²) in [5.74, 6) is 0.550. The first-order chi connectivity index (χ1) is 7.15. The minimum atomic E-state index is -0.564. The average molecular weight is 289 g/mol. The molecule has 1 atom stereocenters. The fraction of sp³-hybridized carbons (Fsp3) is 0.375. The van der Waals surface area contributed by atoms with Gasteiger partial charge in [-0.15, -0.1) is 21.5 Å². The number of halogens is 1. The van der Waals surface area contributed by atoms with Crippen LogP contribution in [0.15, 0.2) is 15.9 Å². The molecule has 0 spiro atoms. The maximum Gasteiger partial charge on any atom is 0.177 e. The first-order valence-electron chi connectivity index (χ1n) is 4.31. The third-order valence-electron chi connectivity index (χ3n) is 1.85. The van der Waals surface area contributed by atoms with Crippen molar-refractivity contribution in [1.82, 2.24) is 20.2 Å². The van der Waals surface area contributed by atoms with Gasteiger partial charge >= 0.3 is 0 Å². The van der Waals surface area contributed by atoms with Gasteiger partial charge in [0.05, 0.1) is 16.9 Å². The molecule has 80 valence electrons. The summed E-state index contributed by atoms with van der Waals surface area (Å²) in [6.07, 6.45) is -0.175. The van der Waals surface area contributed by atoms with E-state index in [1.807, 2.05) is 12.1 Å². The summed E-state index contributed by atoms with van der Waals surface area (Å²) < 4.78 is 1.00. The quantitative estimate of drug-likeness (QED) is 0.925. The van der Waals surface area contributed by atoms with Gasteiger partial charge in [0.2, 0.25) is 0 Å². The van der Waals surface area contributed by atoms with Crippen LogP contribution in [0.3, 0.4) is 0 Å². The summed E-state index contributed by atoms with van der Waals surface area (Å²) in [7, 11) is 1.70. The molecule has 0 bridgehead atoms. The monoisotopic (exact) mass is 288 g/mol. The van der Waals surface area contributed by atoms with Gasteiger partial charge in [-0.05, 0) is 33.3 Å². The van der Waals surface area contributed by atoms with Crippen LogP contribution in [0.2, 0.25) is 0 Å². The van der Waals surface area contributed by atoms with Crippen molar-refractivity contribution < 1.29 is 5.11 Å². The minimum Gasteiger partial charge on any atom is -0.387 e. The average Bonchev–Trinajstić information content (AvgIpc) is 2.75. The molecule has 0 saturated heterocycles. The molecule has 1 N–H and O–H groups in total. The van der Waals surface area contributed by atoms with Crippen LogP contribution in [0.1, 0.15) is 16.8 Å². The molecule has 0 aliphatic rings. The Kier molecular flexibility index (Phi) is 3.13. The Morgan fingerprint density at radius 3 is 2.93 bits per heavy atom. The van der Waals surface area contributed by atoms with E-state index in [1.54, 1.807) is 7.05 Å². The molecule has 0 fully saturated rings. The minimum absolute atomic E-state index is 0.390. The van der Waals surface area contributed by atoms with Gasteiger partial charge in [0.25, 0.3) is 0 Å². The van der Waals surface area contributed by atoms with Gasteiger partial charge in [0, 0.05) is 11.3 Å². The molecule has 0 aliphatic carbocycles. The summed E-state index contributed by atoms with van der Waals surface area (Å²) in [6.45, 7) is 0. The van der Waals surface area contributed by atoms with E-state index < -0.39 is 6.10 Å². The number of aliphatic hydroxyl groups excluding tert-OH is 1. The molecule has 0 aliphatic heterocycles. The van der Waals surface area contributed by atoms with E-state index in [0.717, 1.165) is 8.66 Å². The third-order valence-corrected chi connectivity index (χ3v) is 3.57. The predicted molar refractivity (Wildman–Crippen MR) is 59.5 cm³/mol. The number of tetrazole rings is 1. The Hall–Kier alpha value is -0.790. The summed E-state index contributed by atoms with van der Waals surface area (Å²) in [4.78, 5) is 2.28. The van der Waals surface area contributed by atoms with E-state index in [4.69, 9.17) is 0 Å². The summed E-state index contributed by atoms with van der Waals surface area (Å²) >= 11 is 4.86. The number of hydrogen-bond donors (Lipinski definition) is 1. The Labute approximate surface area is 98.9 Å². The highest BCUT2D eigenvalue weighted by Crippen LogP contribution is 2.28. The lowest BCUT2D eigenvalue weighted by Gasteiger charge is -2.03. The highest BCUT2D eigenvalue weighted by Gasteiger charge is 2.13. The van der Waals surface area contributed by atoms with E-state index >= 15 is 0 Å². The van der Waals surface area contributed by atoms with Crippen molar-refractivity contribution >= 4 is 27.3 Å². The van der Waals surface area contributed by atoms with E-state index in [2.05, 4.69) is 31.3 Å². The zero-order chi connectivity index (χ0) is 10.8. The number of aliphatic hydroxyl groups is 1. The molecule has 2 heterocycles. The largest absolute Gasteiger partial charge is 0.387 e. The standard InChI is InChI=1S/C8H9BrN4OS/c1-13-11-8(10-12-13)4-5(14)6-2-3-7(9)15-6/h2-3,5,14H,4H2,1H3. The maximum atomic E-state index is 9.87. The van der Waals surface area contributed by atoms with Crippen LogP contribution < -0.4 is 0 Å². The normalized spacial score (nSPS) is 13.0. The molecule has 1 unspecified atom stereocenters. The second kappa shape index (κ2) is 4.38. The number of aromatic nitrogens is 4. The van der Waals surface area contributed by atoms with Crippen LogP contribution in [0.25, 0.3) is 0 Å². The zero-order valence-electron chi connectivity index (χ0n) is 7.96. The molecule has 15 heavy (non-hydrogen) atoms. The number of hydrogen-bond acceptors (Lipinski definition) is 5. The van der Waals surface area contributed by atoms with Crippen molar-refractivity contribution in [1.29, 1.82) is 0 Å². The Morgan fingerprint density at radius 2 is 2.40 bits per heavy atom. The van der Waals surface area contributed by atoms with Gasteiger partial charge in [-0.3, -0.25) is 0 Å². The van der Waals surface area contributed by atoms with E-state index in [0.29, 0.717) is 12.2 Å². The molecule has 5 nitrogen and oxygen atoms in total. The van der Waals surface area contributed by atoms with E-state index in [-0.39, 0.29) is 0 Å². The second-order valence-electron chi connectivity index (χ2n) is 3.06. The second-order valence-corrected chi connectivity index (χ2v) is 5.55. The van der Waals surface area contributed by atoms with Crippen molar-refractivity contribution in [3.63, 3.8) is 0 Å². The molecule has 2 aromatic heterocycles. The third kappa shape index (κ3) is 2.61. The van der Waals surface area contributed by atoms with Crippen LogP contribution in [-0.2, 0) is 13.5 Å². The van der Waals surface area contributed by atoms with Gasteiger partial charge in [-0.2, -0.15) is 4.80 Å². The van der Waals surface area contributed by atoms with Crippen molar-refractivity contribution in [2.45, 2.75) is 12.5 Å². The number of thiophene rings is 1. The summed E-state index contributed by atoms with van der Waals surface area (Å²) in [5.41, 5.74) is 0. The molecule has 2 aromatic rings. The highest BCUT2D eigenvalue weighted by molar-refractivity contribution is 9.11. The first kappa shape index (κ1) is 10.7. The molecule has 7 heteroatoms. The summed E-state index contributed by atoms with van der Waals surface area (Å²) in [5, 5.41) is 21.4. The van der Waals surface area contributed by atoms with E-state index in [1.165, 1.54) is 16.1 Å². The summed E-state index contributed by atoms with van der Waals surface area (Å²) in [6, 6.07) is 3.79. The fourth-order valence-electron chi connectivity index (χ4n) is 1.19. The zero-order valence-corrected chi connectivity index (χ0v) is 10.4. The molecule has 0 amide bonds. The van der Waals surface area contributed by atoms with Crippen molar-refractivity contribution in [2.24, 2.45) is 7.05 Å². The predicted octanol–water partition coefficient (Wildman–Crippen LogP) is 1.31. The topological polar surface area (TPSA) is 63.8 Å². The van der Waals surface area contributed by atoms with Crippen LogP contribution in [-0.4, -0.2) is 25.3 Å². The lowest BCUT2D eigenvalue weighted by molar-refractivity contribution is 0.179. The lowest BCUT2D eigenvalue weighted by atomic mass is 10.2. The van der Waals surface area contributed by atoms with E-state index in [9.17, 15) is 5.11 Å². The van der Waals surface area contributed by atoms with Gasteiger partial charge in [-0.1, -0.05) is 0 Å². The lowest BCUT2D eigenvalue weighted by Crippen LogP contribution is -2.02. The fourth-order valence-corrected chi connectivity index (χ4v) is 2.60. The van der Waals surface area contributed by atoms with Crippen molar-refractivity contribution in [3.05, 3.63) is 26.6 Å². The van der Waals surface area contributed by atoms with Crippen molar-refractivity contribution in [2.75, 3.05) is 0 Å². The van der Waals surface area contributed by atoms with Crippen LogP contribution in [0.5, 0.6) is 0 Å². The molecular formula is C8H9BrN4OS. The molecule has 0 aromatic carbocycles. The SMILES string of the molecule is Cn1nnc(CC(O)c2ccc(Br)s2)n1. The number of aryl methyl sites for hydroxylation is 1. The number of rotatable bonds is 3. The highest BCUT2D eigenvalue weighted by atomic mass is 79.9. The molecule has 0 radical (unpaired) electrons. The Balaban J connectivity index is 2.06. The number of nitrogens with zero attached hydrogens (tertiary/aromatic N) is 4. The molecule has 0 saturated carbocycles. The maximum absolute atomic E-state index is 9.87. The van der Waals surface area contributed by atoms with Crippen LogP contribution in [0, 0.1) is 0 Å². The molecule has 2 rings (SSSR count). The molecular weight excluding hydrogens is 280 g/mol. The Morgan fingerprint density at radius 1 is 1.60 bits per heavy atom. The van der Waals surface area contributed by atoms with Gasteiger partial charge in [0.15, 0.2) is 5.82 Å².